The molecular formula is C11H12F3NS. The summed E-state index contributed by atoms with van der Waals surface area (Å²) in [6.45, 7) is 2.08. The van der Waals surface area contributed by atoms with E-state index in [0.717, 1.165) is 18.2 Å². The van der Waals surface area contributed by atoms with E-state index in [9.17, 15) is 13.2 Å². The highest BCUT2D eigenvalue weighted by atomic mass is 32.2. The molecule has 1 aromatic rings. The Morgan fingerprint density at radius 3 is 2.69 bits per heavy atom. The Balaban J connectivity index is 2.15. The van der Waals surface area contributed by atoms with E-state index in [1.807, 2.05) is 0 Å². The van der Waals surface area contributed by atoms with E-state index < -0.39 is 17.5 Å². The lowest BCUT2D eigenvalue weighted by atomic mass is 10.2. The highest BCUT2D eigenvalue weighted by molar-refractivity contribution is 8.00. The number of thioether (sulfide) groups is 1. The van der Waals surface area contributed by atoms with Gasteiger partial charge in [-0.3, -0.25) is 0 Å². The third kappa shape index (κ3) is 2.45. The molecule has 0 bridgehead atoms. The van der Waals surface area contributed by atoms with Crippen LogP contribution in [0.15, 0.2) is 12.1 Å². The smallest absolute Gasteiger partial charge is 0.182 e. The highest BCUT2D eigenvalue weighted by Gasteiger charge is 2.23. The van der Waals surface area contributed by atoms with Gasteiger partial charge in [-0.1, -0.05) is 6.92 Å². The van der Waals surface area contributed by atoms with Crippen LogP contribution in [0.4, 0.5) is 18.9 Å². The molecule has 0 radical (unpaired) electrons. The molecule has 2 rings (SSSR count). The Bertz CT molecular complexity index is 397. The fourth-order valence-electron chi connectivity index (χ4n) is 1.80. The second-order valence-corrected chi connectivity index (χ2v) is 5.44. The topological polar surface area (TPSA) is 12.0 Å². The first-order chi connectivity index (χ1) is 7.56. The van der Waals surface area contributed by atoms with Crippen LogP contribution in [0.1, 0.15) is 13.3 Å². The molecule has 2 unspecified atom stereocenters. The first kappa shape index (κ1) is 11.6. The molecule has 1 aliphatic heterocycles. The van der Waals surface area contributed by atoms with Crippen molar-refractivity contribution >= 4 is 17.4 Å². The van der Waals surface area contributed by atoms with Gasteiger partial charge in [-0.05, 0) is 6.42 Å². The van der Waals surface area contributed by atoms with Crippen molar-refractivity contribution in [1.29, 1.82) is 0 Å². The Hall–Kier alpha value is -0.840. The minimum atomic E-state index is -1.15. The summed E-state index contributed by atoms with van der Waals surface area (Å²) < 4.78 is 39.2. The average molecular weight is 247 g/mol. The van der Waals surface area contributed by atoms with Crippen molar-refractivity contribution in [1.82, 2.24) is 0 Å². The fourth-order valence-corrected chi connectivity index (χ4v) is 2.95. The molecule has 88 valence electrons. The third-order valence-electron chi connectivity index (χ3n) is 2.55. The third-order valence-corrected chi connectivity index (χ3v) is 3.91. The molecule has 1 aromatic carbocycles. The number of hydrogen-bond donors (Lipinski definition) is 1. The molecule has 1 fully saturated rings. The first-order valence-corrected chi connectivity index (χ1v) is 6.14. The van der Waals surface area contributed by atoms with Gasteiger partial charge in [0.15, 0.2) is 11.6 Å². The van der Waals surface area contributed by atoms with E-state index in [1.54, 1.807) is 11.8 Å². The SMILES string of the molecule is CC1CC(Nc2cc(F)cc(F)c2F)CS1. The maximum Gasteiger partial charge on any atom is 0.182 e. The summed E-state index contributed by atoms with van der Waals surface area (Å²) in [6.07, 6.45) is 0.877. The Morgan fingerprint density at radius 2 is 2.06 bits per heavy atom. The molecule has 5 heteroatoms. The van der Waals surface area contributed by atoms with Gasteiger partial charge in [0.2, 0.25) is 0 Å². The summed E-state index contributed by atoms with van der Waals surface area (Å²) in [5.41, 5.74) is -0.0859. The standard InChI is InChI=1S/C11H12F3NS/c1-6-2-8(5-16-6)15-10-4-7(12)3-9(13)11(10)14/h3-4,6,8,15H,2,5H2,1H3. The normalized spacial score (nSPS) is 24.8. The molecule has 16 heavy (non-hydrogen) atoms. The van der Waals surface area contributed by atoms with E-state index in [-0.39, 0.29) is 11.7 Å². The predicted octanol–water partition coefficient (Wildman–Crippen LogP) is 3.41. The first-order valence-electron chi connectivity index (χ1n) is 5.09. The maximum atomic E-state index is 13.3. The minimum Gasteiger partial charge on any atom is -0.379 e. The van der Waals surface area contributed by atoms with Crippen molar-refractivity contribution in [3.8, 4) is 0 Å². The molecule has 1 aliphatic rings. The summed E-state index contributed by atoms with van der Waals surface area (Å²) in [5, 5.41) is 3.34. The zero-order chi connectivity index (χ0) is 11.7. The van der Waals surface area contributed by atoms with E-state index >= 15 is 0 Å². The van der Waals surface area contributed by atoms with E-state index in [0.29, 0.717) is 11.3 Å². The second kappa shape index (κ2) is 4.57. The fraction of sp³-hybridized carbons (Fsp3) is 0.455. The quantitative estimate of drug-likeness (QED) is 0.804. The molecule has 2 atom stereocenters. The Labute approximate surface area is 96.4 Å². The van der Waals surface area contributed by atoms with Crippen molar-refractivity contribution in [3.63, 3.8) is 0 Å². The van der Waals surface area contributed by atoms with Gasteiger partial charge in [-0.15, -0.1) is 0 Å². The van der Waals surface area contributed by atoms with E-state index in [4.69, 9.17) is 0 Å². The number of rotatable bonds is 2. The van der Waals surface area contributed by atoms with Gasteiger partial charge in [0.25, 0.3) is 0 Å². The second-order valence-electron chi connectivity index (χ2n) is 3.97. The zero-order valence-electron chi connectivity index (χ0n) is 8.77. The predicted molar refractivity (Wildman–Crippen MR) is 60.3 cm³/mol. The van der Waals surface area contributed by atoms with Crippen molar-refractivity contribution in [2.75, 3.05) is 11.1 Å². The van der Waals surface area contributed by atoms with Gasteiger partial charge in [0, 0.05) is 29.2 Å². The molecule has 0 aliphatic carbocycles. The molecule has 0 saturated carbocycles. The number of anilines is 1. The maximum absolute atomic E-state index is 13.3. The number of nitrogens with one attached hydrogen (secondary N) is 1. The lowest BCUT2D eigenvalue weighted by molar-refractivity contribution is 0.496. The van der Waals surface area contributed by atoms with Crippen molar-refractivity contribution in [3.05, 3.63) is 29.6 Å². The van der Waals surface area contributed by atoms with Gasteiger partial charge >= 0.3 is 0 Å². The number of hydrogen-bond acceptors (Lipinski definition) is 2. The summed E-state index contributed by atoms with van der Waals surface area (Å²) in [4.78, 5) is 0. The molecule has 0 aromatic heterocycles. The van der Waals surface area contributed by atoms with Crippen molar-refractivity contribution in [2.24, 2.45) is 0 Å². The van der Waals surface area contributed by atoms with Crippen LogP contribution in [0.5, 0.6) is 0 Å². The van der Waals surface area contributed by atoms with Crippen LogP contribution in [0.2, 0.25) is 0 Å². The highest BCUT2D eigenvalue weighted by Crippen LogP contribution is 2.29. The molecule has 1 N–H and O–H groups in total. The lowest BCUT2D eigenvalue weighted by Gasteiger charge is -2.14. The van der Waals surface area contributed by atoms with Gasteiger partial charge in [0.1, 0.15) is 5.82 Å². The minimum absolute atomic E-state index is 0.0794. The van der Waals surface area contributed by atoms with Crippen LogP contribution in [0, 0.1) is 17.5 Å². The largest absolute Gasteiger partial charge is 0.379 e. The summed E-state index contributed by atoms with van der Waals surface area (Å²) in [7, 11) is 0. The lowest BCUT2D eigenvalue weighted by Crippen LogP contribution is -2.20. The van der Waals surface area contributed by atoms with Crippen LogP contribution >= 0.6 is 11.8 Å². The number of halogens is 3. The molecule has 0 spiro atoms. The van der Waals surface area contributed by atoms with Crippen molar-refractivity contribution < 1.29 is 13.2 Å². The average Bonchev–Trinajstić information content (AvgIpc) is 2.60. The van der Waals surface area contributed by atoms with Crippen LogP contribution < -0.4 is 5.32 Å². The molecule has 1 saturated heterocycles. The molecular weight excluding hydrogens is 235 g/mol. The van der Waals surface area contributed by atoms with Crippen LogP contribution in [0.25, 0.3) is 0 Å². The van der Waals surface area contributed by atoms with Crippen molar-refractivity contribution in [2.45, 2.75) is 24.6 Å². The summed E-state index contributed by atoms with van der Waals surface area (Å²) in [5.74, 6) is -2.09. The van der Waals surface area contributed by atoms with Gasteiger partial charge in [-0.2, -0.15) is 11.8 Å². The van der Waals surface area contributed by atoms with Crippen LogP contribution in [-0.4, -0.2) is 17.0 Å². The van der Waals surface area contributed by atoms with Gasteiger partial charge in [-0.25, -0.2) is 13.2 Å². The number of benzene rings is 1. The zero-order valence-corrected chi connectivity index (χ0v) is 9.58. The summed E-state index contributed by atoms with van der Waals surface area (Å²) >= 11 is 1.77. The molecule has 1 nitrogen and oxygen atoms in total. The van der Waals surface area contributed by atoms with E-state index in [1.165, 1.54) is 0 Å². The molecule has 1 heterocycles. The molecule has 0 amide bonds. The van der Waals surface area contributed by atoms with Crippen LogP contribution in [0.3, 0.4) is 0 Å². The van der Waals surface area contributed by atoms with Crippen LogP contribution in [-0.2, 0) is 0 Å². The Kier molecular flexibility index (Phi) is 3.33. The summed E-state index contributed by atoms with van der Waals surface area (Å²) in [6, 6.07) is 1.62. The van der Waals surface area contributed by atoms with E-state index in [2.05, 4.69) is 12.2 Å². The van der Waals surface area contributed by atoms with Gasteiger partial charge < -0.3 is 5.32 Å². The Morgan fingerprint density at radius 1 is 1.31 bits per heavy atom. The monoisotopic (exact) mass is 247 g/mol. The van der Waals surface area contributed by atoms with Gasteiger partial charge in [0.05, 0.1) is 5.69 Å².